The number of aliphatic imine (C=N–C) groups is 1. The fraction of sp³-hybridized carbons (Fsp3) is 0.950. The minimum Gasteiger partial charge on any atom is -0.381 e. The van der Waals surface area contributed by atoms with Gasteiger partial charge in [-0.25, -0.2) is 0 Å². The third-order valence-electron chi connectivity index (χ3n) is 5.52. The van der Waals surface area contributed by atoms with Gasteiger partial charge in [-0.2, -0.15) is 11.8 Å². The quantitative estimate of drug-likeness (QED) is 0.273. The molecule has 2 N–H and O–H groups in total. The van der Waals surface area contributed by atoms with Gasteiger partial charge in [-0.15, -0.1) is 24.0 Å². The van der Waals surface area contributed by atoms with Crippen LogP contribution in [0.25, 0.3) is 0 Å². The van der Waals surface area contributed by atoms with Crippen molar-refractivity contribution in [1.82, 2.24) is 15.5 Å². The molecular weight excluding hydrogens is 487 g/mol. The van der Waals surface area contributed by atoms with E-state index in [4.69, 9.17) is 14.5 Å². The molecule has 2 fully saturated rings. The first kappa shape index (κ1) is 26.3. The molecule has 28 heavy (non-hydrogen) atoms. The minimum absolute atomic E-state index is 0. The molecule has 0 spiro atoms. The maximum absolute atomic E-state index is 5.56. The second-order valence-corrected chi connectivity index (χ2v) is 9.28. The summed E-state index contributed by atoms with van der Waals surface area (Å²) >= 11 is 1.94. The Morgan fingerprint density at radius 3 is 2.32 bits per heavy atom. The second-order valence-electron chi connectivity index (χ2n) is 8.01. The van der Waals surface area contributed by atoms with Gasteiger partial charge in [0.15, 0.2) is 5.96 Å². The number of rotatable bonds is 9. The summed E-state index contributed by atoms with van der Waals surface area (Å²) < 4.78 is 11.3. The number of thioether (sulfide) groups is 1. The van der Waals surface area contributed by atoms with Gasteiger partial charge in [0.05, 0.1) is 19.8 Å². The molecule has 2 aliphatic heterocycles. The van der Waals surface area contributed by atoms with E-state index in [-0.39, 0.29) is 28.7 Å². The average Bonchev–Trinajstić information content (AvgIpc) is 2.70. The molecule has 0 bridgehead atoms. The van der Waals surface area contributed by atoms with E-state index in [0.29, 0.717) is 12.0 Å². The summed E-state index contributed by atoms with van der Waals surface area (Å²) in [7, 11) is 0. The third-order valence-corrected chi connectivity index (χ3v) is 6.92. The van der Waals surface area contributed by atoms with Crippen LogP contribution in [0.15, 0.2) is 4.99 Å². The summed E-state index contributed by atoms with van der Waals surface area (Å²) in [6.07, 6.45) is 5.57. The van der Waals surface area contributed by atoms with Gasteiger partial charge in [0, 0.05) is 50.2 Å². The molecular formula is C20H41IN4O2S. The smallest absolute Gasteiger partial charge is 0.191 e. The van der Waals surface area contributed by atoms with E-state index in [1.807, 2.05) is 11.8 Å². The predicted octanol–water partition coefficient (Wildman–Crippen LogP) is 2.82. The van der Waals surface area contributed by atoms with Gasteiger partial charge in [0.25, 0.3) is 0 Å². The number of nitrogens with zero attached hydrogens (tertiary/aromatic N) is 2. The van der Waals surface area contributed by atoms with E-state index in [2.05, 4.69) is 42.6 Å². The number of hydrogen-bond acceptors (Lipinski definition) is 5. The maximum atomic E-state index is 5.56. The molecule has 1 atom stereocenters. The molecule has 0 radical (unpaired) electrons. The van der Waals surface area contributed by atoms with Crippen molar-refractivity contribution < 1.29 is 9.47 Å². The molecule has 2 aliphatic rings. The van der Waals surface area contributed by atoms with Crippen LogP contribution in [0, 0.1) is 5.92 Å². The van der Waals surface area contributed by atoms with Gasteiger partial charge < -0.3 is 20.1 Å². The Balaban J connectivity index is 0.00000392. The van der Waals surface area contributed by atoms with E-state index in [0.717, 1.165) is 78.0 Å². The first-order valence-electron chi connectivity index (χ1n) is 10.6. The summed E-state index contributed by atoms with van der Waals surface area (Å²) in [6, 6.07) is 0.523. The van der Waals surface area contributed by atoms with Gasteiger partial charge in [-0.1, -0.05) is 13.8 Å². The number of nitrogens with one attached hydrogen (secondary N) is 2. The summed E-state index contributed by atoms with van der Waals surface area (Å²) in [6.45, 7) is 14.9. The maximum Gasteiger partial charge on any atom is 0.191 e. The number of guanidine groups is 1. The summed E-state index contributed by atoms with van der Waals surface area (Å²) in [5.41, 5.74) is 0. The van der Waals surface area contributed by atoms with Crippen LogP contribution < -0.4 is 10.6 Å². The molecule has 2 saturated heterocycles. The highest BCUT2D eigenvalue weighted by atomic mass is 127. The van der Waals surface area contributed by atoms with Crippen LogP contribution in [0.3, 0.4) is 0 Å². The largest absolute Gasteiger partial charge is 0.381 e. The van der Waals surface area contributed by atoms with Gasteiger partial charge in [0.2, 0.25) is 0 Å². The second kappa shape index (κ2) is 14.3. The molecule has 0 aliphatic carbocycles. The zero-order chi connectivity index (χ0) is 19.5. The average molecular weight is 529 g/mol. The van der Waals surface area contributed by atoms with Crippen LogP contribution >= 0.6 is 35.7 Å². The Kier molecular flexibility index (Phi) is 13.4. The molecule has 0 aromatic rings. The van der Waals surface area contributed by atoms with Crippen LogP contribution in [0.1, 0.15) is 40.0 Å². The fourth-order valence-corrected chi connectivity index (χ4v) is 4.57. The van der Waals surface area contributed by atoms with Crippen molar-refractivity contribution in [3.05, 3.63) is 0 Å². The first-order chi connectivity index (χ1) is 13.1. The Bertz CT molecular complexity index is 442. The zero-order valence-electron chi connectivity index (χ0n) is 18.2. The van der Waals surface area contributed by atoms with E-state index in [9.17, 15) is 0 Å². The van der Waals surface area contributed by atoms with Gasteiger partial charge in [-0.3, -0.25) is 9.89 Å². The molecule has 6 nitrogen and oxygen atoms in total. The van der Waals surface area contributed by atoms with Crippen molar-refractivity contribution in [3.63, 3.8) is 0 Å². The molecule has 0 amide bonds. The summed E-state index contributed by atoms with van der Waals surface area (Å²) in [5, 5.41) is 7.05. The third kappa shape index (κ3) is 8.93. The molecule has 0 saturated carbocycles. The van der Waals surface area contributed by atoms with E-state index >= 15 is 0 Å². The lowest BCUT2D eigenvalue weighted by Gasteiger charge is -2.36. The molecule has 0 aromatic heterocycles. The Morgan fingerprint density at radius 1 is 1.11 bits per heavy atom. The highest BCUT2D eigenvalue weighted by molar-refractivity contribution is 14.0. The predicted molar refractivity (Wildman–Crippen MR) is 131 cm³/mol. The van der Waals surface area contributed by atoms with Crippen LogP contribution in [-0.2, 0) is 9.47 Å². The van der Waals surface area contributed by atoms with E-state index < -0.39 is 0 Å². The highest BCUT2D eigenvalue weighted by Crippen LogP contribution is 2.33. The van der Waals surface area contributed by atoms with Crippen molar-refractivity contribution in [3.8, 4) is 0 Å². The summed E-state index contributed by atoms with van der Waals surface area (Å²) in [5.74, 6) is 1.63. The van der Waals surface area contributed by atoms with Crippen molar-refractivity contribution in [2.24, 2.45) is 10.9 Å². The summed E-state index contributed by atoms with van der Waals surface area (Å²) in [4.78, 5) is 7.52. The molecule has 2 heterocycles. The number of hydrogen-bond donors (Lipinski definition) is 2. The fourth-order valence-electron chi connectivity index (χ4n) is 3.80. The minimum atomic E-state index is 0. The van der Waals surface area contributed by atoms with Crippen LogP contribution in [0.5, 0.6) is 0 Å². The number of halogens is 1. The van der Waals surface area contributed by atoms with Gasteiger partial charge >= 0.3 is 0 Å². The van der Waals surface area contributed by atoms with Crippen LogP contribution in [0.2, 0.25) is 0 Å². The molecule has 0 aromatic carbocycles. The van der Waals surface area contributed by atoms with E-state index in [1.165, 1.54) is 6.42 Å². The Hall–Kier alpha value is 0.230. The van der Waals surface area contributed by atoms with Crippen molar-refractivity contribution in [1.29, 1.82) is 0 Å². The first-order valence-corrected chi connectivity index (χ1v) is 11.8. The Labute approximate surface area is 193 Å². The Morgan fingerprint density at radius 2 is 1.75 bits per heavy atom. The number of morpholine rings is 1. The van der Waals surface area contributed by atoms with Crippen LogP contribution in [0.4, 0.5) is 0 Å². The van der Waals surface area contributed by atoms with E-state index in [1.54, 1.807) is 0 Å². The zero-order valence-corrected chi connectivity index (χ0v) is 21.3. The van der Waals surface area contributed by atoms with Crippen molar-refractivity contribution in [2.45, 2.75) is 50.8 Å². The molecule has 8 heteroatoms. The lowest BCUT2D eigenvalue weighted by Crippen LogP contribution is -2.51. The van der Waals surface area contributed by atoms with Crippen molar-refractivity contribution >= 4 is 41.7 Å². The van der Waals surface area contributed by atoms with Crippen LogP contribution in [-0.4, -0.2) is 87.1 Å². The molecule has 2 rings (SSSR count). The molecule has 1 unspecified atom stereocenters. The lowest BCUT2D eigenvalue weighted by atomic mass is 9.99. The van der Waals surface area contributed by atoms with Gasteiger partial charge in [0.1, 0.15) is 0 Å². The topological polar surface area (TPSA) is 58.1 Å². The SMILES string of the molecule is CCNC(=NCC1(SC)CCOCC1)NCC(CC(C)C)N1CCOCC1.I. The lowest BCUT2D eigenvalue weighted by molar-refractivity contribution is 0.0132. The number of ether oxygens (including phenoxy) is 2. The normalized spacial score (nSPS) is 21.8. The monoisotopic (exact) mass is 528 g/mol. The standard InChI is InChI=1S/C20H40N4O2S.HI/c1-5-21-19(23-16-20(27-4)6-10-25-11-7-20)22-15-18(14-17(2)3)24-8-12-26-13-9-24;/h17-18H,5-16H2,1-4H3,(H2,21,22,23);1H. The van der Waals surface area contributed by atoms with Gasteiger partial charge in [-0.05, 0) is 38.4 Å². The molecule has 166 valence electrons. The highest BCUT2D eigenvalue weighted by Gasteiger charge is 2.31. The van der Waals surface area contributed by atoms with Crippen molar-refractivity contribution in [2.75, 3.05) is 65.4 Å².